The molecule has 0 bridgehead atoms. The summed E-state index contributed by atoms with van der Waals surface area (Å²) in [6, 6.07) is 7.56. The van der Waals surface area contributed by atoms with E-state index in [-0.39, 0.29) is 24.1 Å². The van der Waals surface area contributed by atoms with Crippen LogP contribution in [0.3, 0.4) is 0 Å². The third kappa shape index (κ3) is 7.90. The minimum Gasteiger partial charge on any atom is -0.497 e. The van der Waals surface area contributed by atoms with Crippen molar-refractivity contribution in [2.45, 2.75) is 70.7 Å². The van der Waals surface area contributed by atoms with Crippen molar-refractivity contribution in [1.29, 1.82) is 0 Å². The predicted molar refractivity (Wildman–Crippen MR) is 121 cm³/mol. The summed E-state index contributed by atoms with van der Waals surface area (Å²) in [5.41, 5.74) is -0.156. The molecule has 0 fully saturated rings. The number of hydrogen-bond acceptors (Lipinski definition) is 7. The molecule has 170 valence electrons. The highest BCUT2D eigenvalue weighted by molar-refractivity contribution is 7.99. The van der Waals surface area contributed by atoms with E-state index in [1.807, 2.05) is 70.4 Å². The second kappa shape index (κ2) is 10.2. The highest BCUT2D eigenvalue weighted by Crippen LogP contribution is 2.24. The Morgan fingerprint density at radius 3 is 2.32 bits per heavy atom. The molecule has 2 rings (SSSR count). The Balaban J connectivity index is 1.93. The topological polar surface area (TPSA) is 95.3 Å². The molecule has 0 radical (unpaired) electrons. The van der Waals surface area contributed by atoms with Crippen LogP contribution in [0.15, 0.2) is 29.4 Å². The maximum Gasteiger partial charge on any atom is 0.306 e. The highest BCUT2D eigenvalue weighted by Gasteiger charge is 2.24. The van der Waals surface area contributed by atoms with Gasteiger partial charge in [0.1, 0.15) is 17.2 Å². The Morgan fingerprint density at radius 2 is 1.74 bits per heavy atom. The molecular formula is C22H32N4O4S. The van der Waals surface area contributed by atoms with Gasteiger partial charge in [0.25, 0.3) is 0 Å². The average Bonchev–Trinajstić information content (AvgIpc) is 3.04. The molecule has 31 heavy (non-hydrogen) atoms. The Labute approximate surface area is 188 Å². The van der Waals surface area contributed by atoms with Gasteiger partial charge in [-0.25, -0.2) is 0 Å². The summed E-state index contributed by atoms with van der Waals surface area (Å²) in [6.07, 6.45) is 0.724. The second-order valence-corrected chi connectivity index (χ2v) is 9.81. The largest absolute Gasteiger partial charge is 0.497 e. The molecule has 0 aliphatic rings. The molecule has 1 aromatic carbocycles. The summed E-state index contributed by atoms with van der Waals surface area (Å²) in [5.74, 6) is 1.26. The van der Waals surface area contributed by atoms with Gasteiger partial charge in [-0.15, -0.1) is 10.2 Å². The van der Waals surface area contributed by atoms with Crippen LogP contribution in [0.25, 0.3) is 5.69 Å². The lowest BCUT2D eigenvalue weighted by molar-refractivity contribution is -0.155. The number of aryl methyl sites for hydroxylation is 1. The number of thioether (sulfide) groups is 1. The van der Waals surface area contributed by atoms with E-state index < -0.39 is 11.1 Å². The molecule has 9 heteroatoms. The number of ether oxygens (including phenoxy) is 2. The van der Waals surface area contributed by atoms with E-state index in [9.17, 15) is 9.59 Å². The van der Waals surface area contributed by atoms with Gasteiger partial charge in [-0.1, -0.05) is 11.8 Å². The number of esters is 1. The van der Waals surface area contributed by atoms with Gasteiger partial charge in [0, 0.05) is 17.6 Å². The first-order valence-corrected chi connectivity index (χ1v) is 11.1. The zero-order valence-electron chi connectivity index (χ0n) is 19.3. The number of benzene rings is 1. The van der Waals surface area contributed by atoms with Crippen molar-refractivity contribution >= 4 is 23.6 Å². The van der Waals surface area contributed by atoms with Crippen LogP contribution in [-0.2, 0) is 14.3 Å². The Hall–Kier alpha value is -2.55. The van der Waals surface area contributed by atoms with Gasteiger partial charge in [0.05, 0.1) is 12.9 Å². The van der Waals surface area contributed by atoms with Crippen LogP contribution in [0.5, 0.6) is 5.75 Å². The van der Waals surface area contributed by atoms with E-state index in [0.29, 0.717) is 11.6 Å². The van der Waals surface area contributed by atoms with Crippen molar-refractivity contribution in [1.82, 2.24) is 20.1 Å². The highest BCUT2D eigenvalue weighted by atomic mass is 32.2. The fourth-order valence-electron chi connectivity index (χ4n) is 2.88. The molecule has 1 aromatic heterocycles. The van der Waals surface area contributed by atoms with E-state index in [1.165, 1.54) is 11.8 Å². The van der Waals surface area contributed by atoms with Crippen molar-refractivity contribution < 1.29 is 19.1 Å². The van der Waals surface area contributed by atoms with Gasteiger partial charge in [-0.3, -0.25) is 14.2 Å². The standard InChI is InChI=1S/C22H32N4O4S/c1-15-24-25-20(26(15)16-8-10-17(29-7)11-9-16)31-14-18(27)23-22(5,6)13-12-19(28)30-21(2,3)4/h8-11H,12-14H2,1-7H3,(H,23,27). The van der Waals surface area contributed by atoms with E-state index in [4.69, 9.17) is 9.47 Å². The normalized spacial score (nSPS) is 11.8. The van der Waals surface area contributed by atoms with Gasteiger partial charge in [-0.2, -0.15) is 0 Å². The number of rotatable bonds is 9. The lowest BCUT2D eigenvalue weighted by atomic mass is 9.98. The van der Waals surface area contributed by atoms with E-state index >= 15 is 0 Å². The zero-order chi connectivity index (χ0) is 23.2. The number of methoxy groups -OCH3 is 1. The van der Waals surface area contributed by atoms with Gasteiger partial charge >= 0.3 is 5.97 Å². The maximum atomic E-state index is 12.5. The van der Waals surface area contributed by atoms with Crippen molar-refractivity contribution in [3.05, 3.63) is 30.1 Å². The summed E-state index contributed by atoms with van der Waals surface area (Å²) in [7, 11) is 1.62. The van der Waals surface area contributed by atoms with Crippen LogP contribution in [0.2, 0.25) is 0 Å². The van der Waals surface area contributed by atoms with Crippen molar-refractivity contribution in [2.75, 3.05) is 12.9 Å². The Morgan fingerprint density at radius 1 is 1.10 bits per heavy atom. The van der Waals surface area contributed by atoms with Crippen LogP contribution in [0.1, 0.15) is 53.3 Å². The number of nitrogens with zero attached hydrogens (tertiary/aromatic N) is 3. The van der Waals surface area contributed by atoms with Crippen molar-refractivity contribution in [3.63, 3.8) is 0 Å². The van der Waals surface area contributed by atoms with Crippen molar-refractivity contribution in [3.8, 4) is 11.4 Å². The summed E-state index contributed by atoms with van der Waals surface area (Å²) in [6.45, 7) is 11.2. The Bertz CT molecular complexity index is 901. The maximum absolute atomic E-state index is 12.5. The average molecular weight is 449 g/mol. The molecule has 1 heterocycles. The monoisotopic (exact) mass is 448 g/mol. The minimum absolute atomic E-state index is 0.138. The second-order valence-electron chi connectivity index (χ2n) is 8.87. The van der Waals surface area contributed by atoms with Crippen LogP contribution in [0, 0.1) is 6.92 Å². The van der Waals surface area contributed by atoms with E-state index in [2.05, 4.69) is 15.5 Å². The number of hydrogen-bond donors (Lipinski definition) is 1. The number of amides is 1. The number of carbonyl (C=O) groups is 2. The molecule has 0 unspecified atom stereocenters. The fourth-order valence-corrected chi connectivity index (χ4v) is 3.68. The zero-order valence-corrected chi connectivity index (χ0v) is 20.1. The molecule has 1 amide bonds. The third-order valence-electron chi connectivity index (χ3n) is 4.31. The lowest BCUT2D eigenvalue weighted by Crippen LogP contribution is -2.44. The molecule has 0 spiro atoms. The molecule has 0 saturated carbocycles. The molecule has 2 aromatic rings. The molecule has 1 N–H and O–H groups in total. The summed E-state index contributed by atoms with van der Waals surface area (Å²) < 4.78 is 12.4. The van der Waals surface area contributed by atoms with Crippen LogP contribution >= 0.6 is 11.8 Å². The van der Waals surface area contributed by atoms with E-state index in [0.717, 1.165) is 17.3 Å². The predicted octanol–water partition coefficient (Wildman–Crippen LogP) is 3.69. The first-order chi connectivity index (χ1) is 14.4. The lowest BCUT2D eigenvalue weighted by Gasteiger charge is -2.27. The smallest absolute Gasteiger partial charge is 0.306 e. The first kappa shape index (κ1) is 24.7. The molecule has 0 aliphatic heterocycles. The fraction of sp³-hybridized carbons (Fsp3) is 0.545. The van der Waals surface area contributed by atoms with E-state index in [1.54, 1.807) is 7.11 Å². The molecule has 0 aliphatic carbocycles. The Kier molecular flexibility index (Phi) is 8.11. The molecular weight excluding hydrogens is 416 g/mol. The summed E-state index contributed by atoms with van der Waals surface area (Å²) in [4.78, 5) is 24.5. The molecule has 0 atom stereocenters. The summed E-state index contributed by atoms with van der Waals surface area (Å²) >= 11 is 1.31. The van der Waals surface area contributed by atoms with Gasteiger partial charge in [0.15, 0.2) is 5.16 Å². The van der Waals surface area contributed by atoms with Crippen LogP contribution < -0.4 is 10.1 Å². The van der Waals surface area contributed by atoms with Crippen LogP contribution in [-0.4, -0.2) is 50.6 Å². The summed E-state index contributed by atoms with van der Waals surface area (Å²) in [5, 5.41) is 12.0. The number of nitrogens with one attached hydrogen (secondary N) is 1. The SMILES string of the molecule is COc1ccc(-n2c(C)nnc2SCC(=O)NC(C)(C)CCC(=O)OC(C)(C)C)cc1. The molecule has 8 nitrogen and oxygen atoms in total. The van der Waals surface area contributed by atoms with Gasteiger partial charge in [0.2, 0.25) is 5.91 Å². The van der Waals surface area contributed by atoms with Crippen molar-refractivity contribution in [2.24, 2.45) is 0 Å². The third-order valence-corrected chi connectivity index (χ3v) is 5.24. The van der Waals surface area contributed by atoms with Gasteiger partial charge < -0.3 is 14.8 Å². The van der Waals surface area contributed by atoms with Gasteiger partial charge in [-0.05, 0) is 72.2 Å². The van der Waals surface area contributed by atoms with Crippen LogP contribution in [0.4, 0.5) is 0 Å². The molecule has 0 saturated heterocycles. The number of aromatic nitrogens is 3. The minimum atomic E-state index is -0.534. The first-order valence-electron chi connectivity index (χ1n) is 10.1. The number of carbonyl (C=O) groups excluding carboxylic acids is 2. The quantitative estimate of drug-likeness (QED) is 0.462.